The average Bonchev–Trinajstić information content (AvgIpc) is 2.41. The molecule has 24 heavy (non-hydrogen) atoms. The van der Waals surface area contributed by atoms with Gasteiger partial charge in [0.1, 0.15) is 11.2 Å². The Hall–Kier alpha value is -1.26. The summed E-state index contributed by atoms with van der Waals surface area (Å²) in [4.78, 5) is 22.1. The van der Waals surface area contributed by atoms with E-state index in [-0.39, 0.29) is 10.8 Å². The Bertz CT molecular complexity index is 467. The van der Waals surface area contributed by atoms with E-state index >= 15 is 0 Å². The van der Waals surface area contributed by atoms with Crippen molar-refractivity contribution >= 4 is 0 Å². The Morgan fingerprint density at radius 2 is 0.750 bits per heavy atom. The number of rotatable bonds is 6. The van der Waals surface area contributed by atoms with Gasteiger partial charge in [0.25, 0.3) is 0 Å². The monoisotopic (exact) mass is 338 g/mol. The van der Waals surface area contributed by atoms with Gasteiger partial charge in [-0.05, 0) is 62.8 Å². The van der Waals surface area contributed by atoms with Gasteiger partial charge < -0.3 is 9.78 Å². The van der Waals surface area contributed by atoms with Crippen molar-refractivity contribution in [2.24, 2.45) is 10.8 Å². The lowest BCUT2D eigenvalue weighted by molar-refractivity contribution is -0.309. The van der Waals surface area contributed by atoms with Crippen LogP contribution in [0.5, 0.6) is 11.5 Å². The van der Waals surface area contributed by atoms with Gasteiger partial charge >= 0.3 is 0 Å². The van der Waals surface area contributed by atoms with Crippen LogP contribution >= 0.6 is 0 Å². The molecule has 0 aliphatic carbocycles. The molecule has 0 radical (unpaired) electrons. The maximum absolute atomic E-state index is 5.61. The number of hydrogen-bond donors (Lipinski definition) is 0. The van der Waals surface area contributed by atoms with Crippen molar-refractivity contribution in [3.05, 3.63) is 24.3 Å². The van der Waals surface area contributed by atoms with Crippen molar-refractivity contribution in [2.75, 3.05) is 0 Å². The van der Waals surface area contributed by atoms with Crippen molar-refractivity contribution < 1.29 is 19.6 Å². The van der Waals surface area contributed by atoms with E-state index in [4.69, 9.17) is 19.6 Å². The minimum Gasteiger partial charge on any atom is -0.337 e. The molecule has 0 aliphatic heterocycles. The van der Waals surface area contributed by atoms with E-state index in [2.05, 4.69) is 41.5 Å². The third-order valence-corrected chi connectivity index (χ3v) is 5.13. The summed E-state index contributed by atoms with van der Waals surface area (Å²) in [5.41, 5.74) is -0.908. The third-order valence-electron chi connectivity index (χ3n) is 5.13. The average molecular weight is 338 g/mol. The Balaban J connectivity index is 2.61. The summed E-state index contributed by atoms with van der Waals surface area (Å²) in [7, 11) is 0. The molecule has 0 saturated carbocycles. The highest BCUT2D eigenvalue weighted by Crippen LogP contribution is 2.35. The van der Waals surface area contributed by atoms with Crippen LogP contribution in [0.15, 0.2) is 24.3 Å². The molecular weight excluding hydrogens is 304 g/mol. The molecule has 1 rings (SSSR count). The summed E-state index contributed by atoms with van der Waals surface area (Å²) in [6.07, 6.45) is 0. The van der Waals surface area contributed by atoms with Gasteiger partial charge in [-0.3, -0.25) is 0 Å². The van der Waals surface area contributed by atoms with Crippen LogP contribution in [-0.4, -0.2) is 11.2 Å². The first-order chi connectivity index (χ1) is 10.7. The second-order valence-electron chi connectivity index (χ2n) is 9.33. The van der Waals surface area contributed by atoms with Gasteiger partial charge in [0.2, 0.25) is 0 Å². The van der Waals surface area contributed by atoms with E-state index in [9.17, 15) is 0 Å². The summed E-state index contributed by atoms with van der Waals surface area (Å²) in [6.45, 7) is 20.7. The minimum atomic E-state index is -0.415. The van der Waals surface area contributed by atoms with Gasteiger partial charge in [-0.15, -0.1) is 0 Å². The SMILES string of the molecule is CC(C)(C)C(C)(C)OOc1ccc(OOC(C)(C)C(C)(C)C)cc1. The molecule has 4 heteroatoms. The normalized spacial score (nSPS) is 13.8. The fraction of sp³-hybridized carbons (Fsp3) is 0.700. The molecule has 0 saturated heterocycles. The summed E-state index contributed by atoms with van der Waals surface area (Å²) in [6, 6.07) is 7.17. The molecule has 0 atom stereocenters. The largest absolute Gasteiger partial charge is 0.337 e. The molecule has 4 nitrogen and oxygen atoms in total. The number of hydrogen-bond acceptors (Lipinski definition) is 4. The molecule has 0 bridgehead atoms. The van der Waals surface area contributed by atoms with Crippen LogP contribution in [0.3, 0.4) is 0 Å². The summed E-state index contributed by atoms with van der Waals surface area (Å²) < 4.78 is 0. The predicted molar refractivity (Wildman–Crippen MR) is 96.9 cm³/mol. The van der Waals surface area contributed by atoms with Crippen LogP contribution in [0.25, 0.3) is 0 Å². The van der Waals surface area contributed by atoms with E-state index in [0.29, 0.717) is 11.5 Å². The standard InChI is InChI=1S/C20H34O4/c1-17(2,3)19(7,8)23-21-15-11-13-16(14-12-15)22-24-20(9,10)18(4,5)6/h11-14H,1-10H3. The number of benzene rings is 1. The van der Waals surface area contributed by atoms with Gasteiger partial charge in [0, 0.05) is 0 Å². The molecule has 0 fully saturated rings. The molecule has 0 aliphatic rings. The predicted octanol–water partition coefficient (Wildman–Crippen LogP) is 5.96. The van der Waals surface area contributed by atoms with Crippen molar-refractivity contribution in [3.63, 3.8) is 0 Å². The summed E-state index contributed by atoms with van der Waals surface area (Å²) in [5.74, 6) is 1.24. The van der Waals surface area contributed by atoms with Crippen LogP contribution in [0.1, 0.15) is 69.2 Å². The van der Waals surface area contributed by atoms with E-state index < -0.39 is 11.2 Å². The van der Waals surface area contributed by atoms with Crippen molar-refractivity contribution in [1.82, 2.24) is 0 Å². The molecule has 1 aromatic carbocycles. The van der Waals surface area contributed by atoms with Crippen molar-refractivity contribution in [3.8, 4) is 11.5 Å². The molecule has 0 unspecified atom stereocenters. The lowest BCUT2D eigenvalue weighted by Gasteiger charge is -2.36. The van der Waals surface area contributed by atoms with Crippen LogP contribution in [0, 0.1) is 10.8 Å². The molecule has 138 valence electrons. The highest BCUT2D eigenvalue weighted by Gasteiger charge is 2.36. The summed E-state index contributed by atoms with van der Waals surface area (Å²) in [5, 5.41) is 0. The Morgan fingerprint density at radius 3 is 0.958 bits per heavy atom. The minimum absolute atomic E-state index is 0.0393. The van der Waals surface area contributed by atoms with Crippen molar-refractivity contribution in [2.45, 2.75) is 80.4 Å². The molecule has 0 heterocycles. The van der Waals surface area contributed by atoms with E-state index in [1.807, 2.05) is 27.7 Å². The fourth-order valence-corrected chi connectivity index (χ4v) is 1.11. The first-order valence-corrected chi connectivity index (χ1v) is 8.47. The zero-order chi connectivity index (χ0) is 18.8. The van der Waals surface area contributed by atoms with Gasteiger partial charge in [0.15, 0.2) is 11.5 Å². The van der Waals surface area contributed by atoms with Gasteiger partial charge in [-0.2, -0.15) is 9.78 Å². The first kappa shape index (κ1) is 20.8. The van der Waals surface area contributed by atoms with Crippen LogP contribution < -0.4 is 9.78 Å². The topological polar surface area (TPSA) is 36.9 Å². The van der Waals surface area contributed by atoms with Crippen LogP contribution in [0.4, 0.5) is 0 Å². The third kappa shape index (κ3) is 5.38. The second-order valence-corrected chi connectivity index (χ2v) is 9.33. The van der Waals surface area contributed by atoms with Crippen molar-refractivity contribution in [1.29, 1.82) is 0 Å². The first-order valence-electron chi connectivity index (χ1n) is 8.47. The van der Waals surface area contributed by atoms with Gasteiger partial charge in [-0.1, -0.05) is 41.5 Å². The molecule has 0 aromatic heterocycles. The lowest BCUT2D eigenvalue weighted by atomic mass is 9.79. The maximum atomic E-state index is 5.61. The van der Waals surface area contributed by atoms with Gasteiger partial charge in [0.05, 0.1) is 0 Å². The van der Waals surface area contributed by atoms with E-state index in [0.717, 1.165) is 0 Å². The molecule has 1 aromatic rings. The van der Waals surface area contributed by atoms with Gasteiger partial charge in [-0.25, -0.2) is 0 Å². The molecular formula is C20H34O4. The highest BCUT2D eigenvalue weighted by molar-refractivity contribution is 5.30. The van der Waals surface area contributed by atoms with E-state index in [1.165, 1.54) is 0 Å². The quantitative estimate of drug-likeness (QED) is 0.474. The fourth-order valence-electron chi connectivity index (χ4n) is 1.11. The molecule has 0 spiro atoms. The maximum Gasteiger partial charge on any atom is 0.165 e. The zero-order valence-corrected chi connectivity index (χ0v) is 16.9. The van der Waals surface area contributed by atoms with E-state index in [1.54, 1.807) is 24.3 Å². The smallest absolute Gasteiger partial charge is 0.165 e. The molecule has 0 N–H and O–H groups in total. The van der Waals surface area contributed by atoms with Crippen LogP contribution in [-0.2, 0) is 9.78 Å². The Kier molecular flexibility index (Phi) is 6.00. The second kappa shape index (κ2) is 6.93. The van der Waals surface area contributed by atoms with Crippen LogP contribution in [0.2, 0.25) is 0 Å². The Morgan fingerprint density at radius 1 is 0.500 bits per heavy atom. The zero-order valence-electron chi connectivity index (χ0n) is 16.9. The Labute approximate surface area is 147 Å². The molecule has 0 amide bonds. The highest BCUT2D eigenvalue weighted by atomic mass is 17.2. The lowest BCUT2D eigenvalue weighted by Crippen LogP contribution is -2.40. The summed E-state index contributed by atoms with van der Waals surface area (Å²) >= 11 is 0.